The van der Waals surface area contributed by atoms with Crippen molar-refractivity contribution in [3.8, 4) is 0 Å². The van der Waals surface area contributed by atoms with Crippen molar-refractivity contribution in [2.45, 2.75) is 33.2 Å². The molecule has 0 aliphatic carbocycles. The van der Waals surface area contributed by atoms with Gasteiger partial charge >= 0.3 is 0 Å². The van der Waals surface area contributed by atoms with E-state index in [4.69, 9.17) is 13.5 Å². The maximum absolute atomic E-state index is 8.54. The molecule has 0 bridgehead atoms. The highest BCUT2D eigenvalue weighted by Crippen LogP contribution is 2.17. The molecule has 0 aromatic carbocycles. The fourth-order valence-corrected chi connectivity index (χ4v) is 0.0791. The summed E-state index contributed by atoms with van der Waals surface area (Å²) >= 11 is 0. The van der Waals surface area contributed by atoms with Crippen molar-refractivity contribution < 1.29 is 18.4 Å². The Labute approximate surface area is 58.8 Å². The van der Waals surface area contributed by atoms with Gasteiger partial charge in [-0.25, -0.2) is 4.89 Å². The van der Waals surface area contributed by atoms with Gasteiger partial charge in [-0.1, -0.05) is 13.8 Å². The molecule has 50 valence electrons. The maximum Gasteiger partial charge on any atom is 0.1000 e. The molecule has 8 heavy (non-hydrogen) atoms. The lowest BCUT2D eigenvalue weighted by Crippen LogP contribution is -2.29. The van der Waals surface area contributed by atoms with Crippen molar-refractivity contribution in [3.05, 3.63) is 0 Å². The van der Waals surface area contributed by atoms with E-state index in [0.717, 1.165) is 6.92 Å². The molecule has 0 fully saturated rings. The largest absolute Gasteiger partial charge is 0.251 e. The van der Waals surface area contributed by atoms with Crippen LogP contribution in [0.25, 0.3) is 0 Å². The first kappa shape index (κ1) is 2.27. The summed E-state index contributed by atoms with van der Waals surface area (Å²) in [5.74, 6) is -1.30. The molecular formula is C6H14O2. The first-order valence-electron chi connectivity index (χ1n) is 5.29. The van der Waals surface area contributed by atoms with E-state index in [0.29, 0.717) is 0 Å². The summed E-state index contributed by atoms with van der Waals surface area (Å²) in [7, 11) is 0. The Bertz CT molecular complexity index is 197. The van der Waals surface area contributed by atoms with Crippen molar-refractivity contribution in [1.82, 2.24) is 0 Å². The fraction of sp³-hybridized carbons (Fsp3) is 1.00. The van der Waals surface area contributed by atoms with E-state index >= 15 is 0 Å². The Morgan fingerprint density at radius 3 is 2.62 bits per heavy atom. The van der Waals surface area contributed by atoms with Gasteiger partial charge in [0.2, 0.25) is 0 Å². The summed E-state index contributed by atoms with van der Waals surface area (Å²) in [6.45, 7) is -2.94. The van der Waals surface area contributed by atoms with Gasteiger partial charge in [0.25, 0.3) is 0 Å². The summed E-state index contributed by atoms with van der Waals surface area (Å²) in [5, 5.41) is 8.54. The molecule has 2 nitrogen and oxygen atoms in total. The van der Waals surface area contributed by atoms with Crippen LogP contribution in [0.3, 0.4) is 0 Å². The molecule has 2 atom stereocenters. The highest BCUT2D eigenvalue weighted by atomic mass is 17.1. The highest BCUT2D eigenvalue weighted by Gasteiger charge is 2.22. The van der Waals surface area contributed by atoms with Crippen LogP contribution in [0.1, 0.15) is 35.8 Å². The minimum atomic E-state index is -2.70. The van der Waals surface area contributed by atoms with E-state index in [1.807, 2.05) is 0 Å². The van der Waals surface area contributed by atoms with Gasteiger partial charge in [-0.3, -0.25) is 5.26 Å². The molecule has 0 spiro atoms. The average molecular weight is 124 g/mol. The van der Waals surface area contributed by atoms with Crippen LogP contribution in [0.4, 0.5) is 0 Å². The second-order valence-corrected chi connectivity index (χ2v) is 1.92. The van der Waals surface area contributed by atoms with Crippen LogP contribution >= 0.6 is 0 Å². The first-order chi connectivity index (χ1) is 5.97. The quantitative estimate of drug-likeness (QED) is 0.450. The third-order valence-electron chi connectivity index (χ3n) is 1.02. The average Bonchev–Trinajstić information content (AvgIpc) is 1.97. The summed E-state index contributed by atoms with van der Waals surface area (Å²) in [6, 6.07) is 0. The molecule has 0 heterocycles. The summed E-state index contributed by atoms with van der Waals surface area (Å²) in [6.07, 6.45) is 0. The van der Waals surface area contributed by atoms with Crippen LogP contribution in [0.15, 0.2) is 0 Å². The molecule has 0 aliphatic rings. The zero-order chi connectivity index (χ0) is 11.8. The molecule has 0 radical (unpaired) electrons. The Morgan fingerprint density at radius 2 is 2.50 bits per heavy atom. The molecule has 0 aliphatic heterocycles. The number of rotatable bonds is 2. The minimum absolute atomic E-state index is 1.05. The molecular weight excluding hydrogens is 104 g/mol. The fourth-order valence-electron chi connectivity index (χ4n) is 0.0791. The second kappa shape index (κ2) is 2.46. The van der Waals surface area contributed by atoms with Gasteiger partial charge in [-0.2, -0.15) is 0 Å². The molecule has 0 rings (SSSR count). The molecule has 0 saturated heterocycles. The van der Waals surface area contributed by atoms with Gasteiger partial charge in [0.05, 0.1) is 5.60 Å². The molecule has 0 aromatic rings. The molecule has 0 aromatic heterocycles. The standard InChI is InChI=1S/C6H14O2/c1-5(2)6(3,4)8-7/h5,7H,1-4H3/i1D3,3D3. The lowest BCUT2D eigenvalue weighted by molar-refractivity contribution is -0.323. The van der Waals surface area contributed by atoms with Crippen molar-refractivity contribution >= 4 is 0 Å². The highest BCUT2D eigenvalue weighted by molar-refractivity contribution is 4.69. The molecule has 2 heteroatoms. The van der Waals surface area contributed by atoms with Gasteiger partial charge in [-0.15, -0.1) is 0 Å². The summed E-state index contributed by atoms with van der Waals surface area (Å²) in [5.41, 5.74) is -2.09. The lowest BCUT2D eigenvalue weighted by Gasteiger charge is -2.24. The van der Waals surface area contributed by atoms with Crippen LogP contribution in [0.5, 0.6) is 0 Å². The van der Waals surface area contributed by atoms with E-state index in [2.05, 4.69) is 4.89 Å². The van der Waals surface area contributed by atoms with Gasteiger partial charge < -0.3 is 0 Å². The predicted molar refractivity (Wildman–Crippen MR) is 32.6 cm³/mol. The first-order valence-corrected chi connectivity index (χ1v) is 2.29. The smallest absolute Gasteiger partial charge is 0.1000 e. The van der Waals surface area contributed by atoms with Crippen molar-refractivity contribution in [2.24, 2.45) is 5.92 Å². The Balaban J connectivity index is 5.07. The zero-order valence-electron chi connectivity index (χ0n) is 10.9. The van der Waals surface area contributed by atoms with Gasteiger partial charge in [0.1, 0.15) is 0 Å². The third kappa shape index (κ3) is 1.80. The Hall–Kier alpha value is -0.0800. The second-order valence-electron chi connectivity index (χ2n) is 1.92. The van der Waals surface area contributed by atoms with Crippen LogP contribution in [-0.4, -0.2) is 10.9 Å². The van der Waals surface area contributed by atoms with Crippen LogP contribution in [0, 0.1) is 5.92 Å². The normalized spacial score (nSPS) is 36.4. The third-order valence-corrected chi connectivity index (χ3v) is 1.02. The summed E-state index contributed by atoms with van der Waals surface area (Å²) in [4.78, 5) is 3.87. The van der Waals surface area contributed by atoms with Crippen molar-refractivity contribution in [3.63, 3.8) is 0 Å². The topological polar surface area (TPSA) is 29.5 Å². The molecule has 2 unspecified atom stereocenters. The Kier molecular flexibility index (Phi) is 0.700. The lowest BCUT2D eigenvalue weighted by atomic mass is 9.95. The van der Waals surface area contributed by atoms with Gasteiger partial charge in [0, 0.05) is 8.22 Å². The van der Waals surface area contributed by atoms with E-state index in [9.17, 15) is 0 Å². The molecule has 0 amide bonds. The van der Waals surface area contributed by atoms with Gasteiger partial charge in [0.15, 0.2) is 0 Å². The monoisotopic (exact) mass is 124 g/mol. The molecule has 0 saturated carbocycles. The minimum Gasteiger partial charge on any atom is -0.251 e. The summed E-state index contributed by atoms with van der Waals surface area (Å²) < 4.78 is 42.5. The Morgan fingerprint density at radius 1 is 1.88 bits per heavy atom. The van der Waals surface area contributed by atoms with E-state index in [1.54, 1.807) is 0 Å². The SMILES string of the molecule is [2H]C([2H])([2H])C(C)C(C)(OO)C([2H])([2H])[2H]. The van der Waals surface area contributed by atoms with Crippen molar-refractivity contribution in [2.75, 3.05) is 0 Å². The van der Waals surface area contributed by atoms with E-state index < -0.39 is 25.2 Å². The van der Waals surface area contributed by atoms with Crippen LogP contribution in [-0.2, 0) is 4.89 Å². The zero-order valence-corrected chi connectivity index (χ0v) is 4.93. The van der Waals surface area contributed by atoms with Gasteiger partial charge in [-0.05, 0) is 19.7 Å². The predicted octanol–water partition coefficient (Wildman–Crippen LogP) is 1.91. The number of hydrogen-bond donors (Lipinski definition) is 1. The van der Waals surface area contributed by atoms with Crippen LogP contribution < -0.4 is 0 Å². The van der Waals surface area contributed by atoms with Crippen molar-refractivity contribution in [1.29, 1.82) is 0 Å². The number of hydrogen-bond acceptors (Lipinski definition) is 2. The molecule has 1 N–H and O–H groups in total. The van der Waals surface area contributed by atoms with E-state index in [1.165, 1.54) is 6.92 Å². The van der Waals surface area contributed by atoms with Crippen LogP contribution in [0.2, 0.25) is 0 Å². The maximum atomic E-state index is 8.54. The van der Waals surface area contributed by atoms with E-state index in [-0.39, 0.29) is 0 Å².